The summed E-state index contributed by atoms with van der Waals surface area (Å²) in [5.74, 6) is -0.693. The van der Waals surface area contributed by atoms with Crippen LogP contribution in [0.2, 0.25) is 5.02 Å². The first-order chi connectivity index (χ1) is 11.6. The van der Waals surface area contributed by atoms with Gasteiger partial charge in [0.15, 0.2) is 11.6 Å². The molecule has 126 valence electrons. The van der Waals surface area contributed by atoms with E-state index in [1.54, 1.807) is 0 Å². The molecule has 1 aliphatic heterocycles. The molecule has 24 heavy (non-hydrogen) atoms. The first-order valence-electron chi connectivity index (χ1n) is 8.47. The van der Waals surface area contributed by atoms with Crippen LogP contribution < -0.4 is 4.74 Å². The highest BCUT2D eigenvalue weighted by atomic mass is 35.5. The van der Waals surface area contributed by atoms with Gasteiger partial charge in [0, 0.05) is 16.0 Å². The minimum Gasteiger partial charge on any atom is -0.487 e. The van der Waals surface area contributed by atoms with Crippen molar-refractivity contribution in [2.45, 2.75) is 50.0 Å². The van der Waals surface area contributed by atoms with Gasteiger partial charge in [-0.1, -0.05) is 30.2 Å². The molecule has 0 aromatic heterocycles. The van der Waals surface area contributed by atoms with E-state index in [1.165, 1.54) is 12.1 Å². The zero-order valence-electron chi connectivity index (χ0n) is 13.3. The number of fused-ring (bicyclic) bond motifs is 4. The van der Waals surface area contributed by atoms with Crippen LogP contribution >= 0.6 is 11.6 Å². The molecule has 0 saturated heterocycles. The minimum absolute atomic E-state index is 0.0383. The average Bonchev–Trinajstić information content (AvgIpc) is 2.72. The molecule has 1 saturated carbocycles. The predicted octanol–water partition coefficient (Wildman–Crippen LogP) is 5.82. The summed E-state index contributed by atoms with van der Waals surface area (Å²) in [4.78, 5) is 0. The standard InChI is InChI=1S/C20H19ClF2O/c21-14-6-4-13(5-7-14)11-20-10-2-1-3-15(12-20)24-19-17(23)9-8-16(22)18(19)20/h4-9,15H,1-3,10-12H2/t15-,20-/m0/s1. The second kappa shape index (κ2) is 6.03. The monoisotopic (exact) mass is 348 g/mol. The minimum atomic E-state index is -0.460. The summed E-state index contributed by atoms with van der Waals surface area (Å²) in [6, 6.07) is 10.0. The van der Waals surface area contributed by atoms with Gasteiger partial charge in [-0.15, -0.1) is 0 Å². The van der Waals surface area contributed by atoms with Crippen molar-refractivity contribution in [3.63, 3.8) is 0 Å². The quantitative estimate of drug-likeness (QED) is 0.664. The largest absolute Gasteiger partial charge is 0.487 e. The molecule has 0 amide bonds. The van der Waals surface area contributed by atoms with Crippen molar-refractivity contribution in [1.29, 1.82) is 0 Å². The predicted molar refractivity (Wildman–Crippen MR) is 90.7 cm³/mol. The molecule has 0 N–H and O–H groups in total. The molecule has 2 atom stereocenters. The van der Waals surface area contributed by atoms with Crippen molar-refractivity contribution in [2.24, 2.45) is 0 Å². The fraction of sp³-hybridized carbons (Fsp3) is 0.400. The van der Waals surface area contributed by atoms with Crippen LogP contribution in [-0.4, -0.2) is 6.10 Å². The van der Waals surface area contributed by atoms with Crippen molar-refractivity contribution in [3.05, 3.63) is 64.2 Å². The molecule has 1 heterocycles. The van der Waals surface area contributed by atoms with Gasteiger partial charge in [-0.05, 0) is 61.9 Å². The number of halogens is 3. The third-order valence-corrected chi connectivity index (χ3v) is 5.63. The highest BCUT2D eigenvalue weighted by Crippen LogP contribution is 2.51. The van der Waals surface area contributed by atoms with E-state index < -0.39 is 11.2 Å². The van der Waals surface area contributed by atoms with E-state index in [2.05, 4.69) is 0 Å². The topological polar surface area (TPSA) is 9.23 Å². The lowest BCUT2D eigenvalue weighted by Crippen LogP contribution is -2.40. The average molecular weight is 349 g/mol. The maximum absolute atomic E-state index is 14.7. The van der Waals surface area contributed by atoms with Gasteiger partial charge in [-0.2, -0.15) is 0 Å². The first-order valence-corrected chi connectivity index (χ1v) is 8.85. The molecule has 2 aromatic rings. The zero-order valence-corrected chi connectivity index (χ0v) is 14.1. The Balaban J connectivity index is 1.84. The molecule has 1 fully saturated rings. The van der Waals surface area contributed by atoms with Gasteiger partial charge in [0.05, 0.1) is 6.10 Å². The van der Waals surface area contributed by atoms with Crippen molar-refractivity contribution in [1.82, 2.24) is 0 Å². The maximum atomic E-state index is 14.7. The fourth-order valence-electron chi connectivity index (χ4n) is 4.35. The molecule has 4 heteroatoms. The van der Waals surface area contributed by atoms with Gasteiger partial charge in [-0.25, -0.2) is 8.78 Å². The van der Waals surface area contributed by atoms with Crippen LogP contribution in [0.3, 0.4) is 0 Å². The fourth-order valence-corrected chi connectivity index (χ4v) is 4.48. The Morgan fingerprint density at radius 1 is 1.04 bits per heavy atom. The van der Waals surface area contributed by atoms with Crippen molar-refractivity contribution < 1.29 is 13.5 Å². The number of rotatable bonds is 2. The molecule has 1 nitrogen and oxygen atoms in total. The summed E-state index contributed by atoms with van der Waals surface area (Å²) in [5, 5.41) is 0.680. The maximum Gasteiger partial charge on any atom is 0.165 e. The van der Waals surface area contributed by atoms with Gasteiger partial charge in [0.1, 0.15) is 5.82 Å². The molecule has 2 aliphatic rings. The summed E-state index contributed by atoms with van der Waals surface area (Å²) < 4.78 is 34.9. The van der Waals surface area contributed by atoms with E-state index in [1.807, 2.05) is 24.3 Å². The second-order valence-electron chi connectivity index (χ2n) is 7.01. The van der Waals surface area contributed by atoms with Crippen LogP contribution in [0, 0.1) is 11.6 Å². The lowest BCUT2D eigenvalue weighted by molar-refractivity contribution is 0.113. The Bertz CT molecular complexity index is 759. The van der Waals surface area contributed by atoms with Gasteiger partial charge in [0.25, 0.3) is 0 Å². The molecule has 4 rings (SSSR count). The summed E-state index contributed by atoms with van der Waals surface area (Å²) in [6.45, 7) is 0. The lowest BCUT2D eigenvalue weighted by Gasteiger charge is -2.41. The molecule has 0 radical (unpaired) electrons. The molecular weight excluding hydrogens is 330 g/mol. The van der Waals surface area contributed by atoms with Crippen LogP contribution in [0.25, 0.3) is 0 Å². The van der Waals surface area contributed by atoms with Crippen molar-refractivity contribution in [3.8, 4) is 5.75 Å². The summed E-state index contributed by atoms with van der Waals surface area (Å²) >= 11 is 5.98. The van der Waals surface area contributed by atoms with E-state index in [0.29, 0.717) is 17.0 Å². The Labute approximate surface area is 145 Å². The first kappa shape index (κ1) is 15.9. The molecule has 2 aromatic carbocycles. The lowest BCUT2D eigenvalue weighted by atomic mass is 9.68. The van der Waals surface area contributed by atoms with Crippen LogP contribution in [0.15, 0.2) is 36.4 Å². The number of hydrogen-bond donors (Lipinski definition) is 0. The Morgan fingerprint density at radius 3 is 2.58 bits per heavy atom. The molecule has 1 aliphatic carbocycles. The smallest absolute Gasteiger partial charge is 0.165 e. The number of benzene rings is 2. The van der Waals surface area contributed by atoms with Crippen LogP contribution in [0.5, 0.6) is 5.75 Å². The SMILES string of the molecule is Fc1ccc(F)c2c1O[C@H]1CCCC[C@]2(Cc2ccc(Cl)cc2)C1. The van der Waals surface area contributed by atoms with E-state index in [4.69, 9.17) is 16.3 Å². The Kier molecular flexibility index (Phi) is 4.00. The number of ether oxygens (including phenoxy) is 1. The van der Waals surface area contributed by atoms with Gasteiger partial charge in [-0.3, -0.25) is 0 Å². The van der Waals surface area contributed by atoms with Gasteiger partial charge >= 0.3 is 0 Å². The van der Waals surface area contributed by atoms with Crippen molar-refractivity contribution >= 4 is 11.6 Å². The van der Waals surface area contributed by atoms with Crippen LogP contribution in [-0.2, 0) is 11.8 Å². The van der Waals surface area contributed by atoms with Gasteiger partial charge < -0.3 is 4.74 Å². The van der Waals surface area contributed by atoms with Crippen LogP contribution in [0.1, 0.15) is 43.2 Å². The summed E-state index contributed by atoms with van der Waals surface area (Å²) in [6.07, 6.45) is 5.16. The normalized spacial score (nSPS) is 25.5. The Hall–Kier alpha value is -1.61. The van der Waals surface area contributed by atoms with Gasteiger partial charge in [0.2, 0.25) is 0 Å². The third kappa shape index (κ3) is 2.69. The van der Waals surface area contributed by atoms with Crippen molar-refractivity contribution in [2.75, 3.05) is 0 Å². The third-order valence-electron chi connectivity index (χ3n) is 5.38. The van der Waals surface area contributed by atoms with E-state index in [9.17, 15) is 8.78 Å². The molecule has 0 spiro atoms. The van der Waals surface area contributed by atoms with E-state index >= 15 is 0 Å². The van der Waals surface area contributed by atoms with E-state index in [-0.39, 0.29) is 17.7 Å². The second-order valence-corrected chi connectivity index (χ2v) is 7.44. The molecule has 0 unspecified atom stereocenters. The highest BCUT2D eigenvalue weighted by Gasteiger charge is 2.45. The molecular formula is C20H19ClF2O. The highest BCUT2D eigenvalue weighted by molar-refractivity contribution is 6.30. The summed E-state index contributed by atoms with van der Waals surface area (Å²) in [7, 11) is 0. The number of hydrogen-bond acceptors (Lipinski definition) is 1. The van der Waals surface area contributed by atoms with E-state index in [0.717, 1.165) is 37.7 Å². The Morgan fingerprint density at radius 2 is 1.79 bits per heavy atom. The molecule has 2 bridgehead atoms. The van der Waals surface area contributed by atoms with Crippen LogP contribution in [0.4, 0.5) is 8.78 Å². The zero-order chi connectivity index (χ0) is 16.7. The summed E-state index contributed by atoms with van der Waals surface area (Å²) in [5.41, 5.74) is 1.11.